The van der Waals surface area contributed by atoms with Crippen LogP contribution in [0.1, 0.15) is 68.7 Å². The Morgan fingerprint density at radius 2 is 1.80 bits per heavy atom. The highest BCUT2D eigenvalue weighted by molar-refractivity contribution is 7.92. The van der Waals surface area contributed by atoms with Gasteiger partial charge in [-0.1, -0.05) is 61.7 Å². The molecule has 1 saturated carbocycles. The Balaban J connectivity index is 1.51. The third-order valence-electron chi connectivity index (χ3n) is 7.54. The summed E-state index contributed by atoms with van der Waals surface area (Å²) in [5, 5.41) is 3.64. The molecule has 0 atom stereocenters. The summed E-state index contributed by atoms with van der Waals surface area (Å²) >= 11 is 0. The van der Waals surface area contributed by atoms with Gasteiger partial charge in [-0.25, -0.2) is 13.1 Å². The molecule has 1 N–H and O–H groups in total. The van der Waals surface area contributed by atoms with Crippen LogP contribution < -0.4 is 4.72 Å². The normalized spacial score (nSPS) is 17.0. The molecule has 5 rings (SSSR count). The first kappa shape index (κ1) is 28.8. The number of alkyl halides is 3. The summed E-state index contributed by atoms with van der Waals surface area (Å²) in [6.07, 6.45) is 0.589. The van der Waals surface area contributed by atoms with Crippen molar-refractivity contribution in [1.29, 1.82) is 0 Å². The Kier molecular flexibility index (Phi) is 7.71. The average molecular weight is 589 g/mol. The van der Waals surface area contributed by atoms with Crippen LogP contribution in [0.3, 0.4) is 0 Å². The summed E-state index contributed by atoms with van der Waals surface area (Å²) in [7, 11) is -4.33. The smallest absolute Gasteiger partial charge is 0.338 e. The number of hydrogen-bond donors (Lipinski definition) is 1. The third-order valence-corrected chi connectivity index (χ3v) is 8.95. The van der Waals surface area contributed by atoms with Crippen molar-refractivity contribution in [3.8, 4) is 11.1 Å². The standard InChI is InChI=1S/C29H31F3N4O4S/c1-3-4-11-25-33-28(14-7-8-15-28)27(37)36(25)18-20-12-13-21(23(17-20)29(30,31)32)22-9-5-6-10-24(22)41(38,39)35-26-16-19(2)34-40-26/h5-6,9-10,12-13,16-17,35H,3-4,7-8,11,14-15,18H2,1-2H3. The van der Waals surface area contributed by atoms with Crippen molar-refractivity contribution >= 4 is 27.7 Å². The van der Waals surface area contributed by atoms with Gasteiger partial charge in [0.2, 0.25) is 5.88 Å². The molecule has 0 saturated heterocycles. The number of hydrogen-bond acceptors (Lipinski definition) is 6. The Morgan fingerprint density at radius 3 is 2.46 bits per heavy atom. The van der Waals surface area contributed by atoms with E-state index in [2.05, 4.69) is 9.88 Å². The molecule has 2 aliphatic rings. The fourth-order valence-electron chi connectivity index (χ4n) is 5.56. The molecule has 1 spiro atoms. The summed E-state index contributed by atoms with van der Waals surface area (Å²) in [4.78, 5) is 19.5. The van der Waals surface area contributed by atoms with Crippen molar-refractivity contribution in [1.82, 2.24) is 10.1 Å². The summed E-state index contributed by atoms with van der Waals surface area (Å²) in [6.45, 7) is 3.59. The van der Waals surface area contributed by atoms with E-state index in [1.54, 1.807) is 6.92 Å². The minimum Gasteiger partial charge on any atom is -0.338 e. The molecular weight excluding hydrogens is 557 g/mol. The van der Waals surface area contributed by atoms with Crippen LogP contribution in [0.15, 0.2) is 62.9 Å². The SMILES string of the molecule is CCCCC1=NC2(CCCC2)C(=O)N1Cc1ccc(-c2ccccc2S(=O)(=O)Nc2cc(C)no2)c(C(F)(F)F)c1. The quantitative estimate of drug-likeness (QED) is 0.299. The molecule has 1 aliphatic carbocycles. The molecule has 2 heterocycles. The zero-order valence-electron chi connectivity index (χ0n) is 22.8. The maximum atomic E-state index is 14.5. The number of anilines is 1. The minimum atomic E-state index is -4.79. The molecular formula is C29H31F3N4O4S. The second-order valence-electron chi connectivity index (χ2n) is 10.6. The van der Waals surface area contributed by atoms with Crippen LogP contribution in [0.2, 0.25) is 0 Å². The van der Waals surface area contributed by atoms with E-state index < -0.39 is 27.3 Å². The fourth-order valence-corrected chi connectivity index (χ4v) is 6.76. The zero-order chi connectivity index (χ0) is 29.4. The third kappa shape index (κ3) is 5.74. The van der Waals surface area contributed by atoms with Gasteiger partial charge in [0.05, 0.1) is 22.7 Å². The lowest BCUT2D eigenvalue weighted by Gasteiger charge is -2.24. The number of aromatic nitrogens is 1. The van der Waals surface area contributed by atoms with Crippen LogP contribution in [-0.2, 0) is 27.5 Å². The van der Waals surface area contributed by atoms with Gasteiger partial charge in [-0.2, -0.15) is 13.2 Å². The molecule has 1 aliphatic heterocycles. The predicted octanol–water partition coefficient (Wildman–Crippen LogP) is 6.71. The summed E-state index contributed by atoms with van der Waals surface area (Å²) < 4.78 is 77.0. The first-order valence-corrected chi connectivity index (χ1v) is 15.1. The van der Waals surface area contributed by atoms with Crippen molar-refractivity contribution in [3.05, 3.63) is 65.4 Å². The Morgan fingerprint density at radius 1 is 1.07 bits per heavy atom. The van der Waals surface area contributed by atoms with E-state index in [4.69, 9.17) is 9.52 Å². The van der Waals surface area contributed by atoms with E-state index in [1.165, 1.54) is 47.4 Å². The Hall–Kier alpha value is -3.67. The minimum absolute atomic E-state index is 0.0428. The molecule has 1 aromatic heterocycles. The average Bonchev–Trinajstić information content (AvgIpc) is 3.63. The van der Waals surface area contributed by atoms with Gasteiger partial charge in [0, 0.05) is 18.1 Å². The second-order valence-corrected chi connectivity index (χ2v) is 12.2. The van der Waals surface area contributed by atoms with Gasteiger partial charge in [-0.05, 0) is 49.4 Å². The van der Waals surface area contributed by atoms with E-state index in [0.29, 0.717) is 30.8 Å². The summed E-state index contributed by atoms with van der Waals surface area (Å²) in [5.41, 5.74) is -1.49. The molecule has 1 fully saturated rings. The summed E-state index contributed by atoms with van der Waals surface area (Å²) in [6, 6.07) is 10.6. The number of carbonyl (C=O) groups is 1. The molecule has 218 valence electrons. The second kappa shape index (κ2) is 11.0. The number of halogens is 3. The van der Waals surface area contributed by atoms with Crippen LogP contribution in [0.25, 0.3) is 11.1 Å². The molecule has 3 aromatic rings. The van der Waals surface area contributed by atoms with Crippen LogP contribution in [0.5, 0.6) is 0 Å². The predicted molar refractivity (Wildman–Crippen MR) is 148 cm³/mol. The van der Waals surface area contributed by atoms with Crippen molar-refractivity contribution in [2.75, 3.05) is 4.72 Å². The molecule has 12 heteroatoms. The van der Waals surface area contributed by atoms with Gasteiger partial charge in [0.25, 0.3) is 15.9 Å². The molecule has 41 heavy (non-hydrogen) atoms. The highest BCUT2D eigenvalue weighted by Gasteiger charge is 2.49. The van der Waals surface area contributed by atoms with Crippen LogP contribution in [0, 0.1) is 6.92 Å². The topological polar surface area (TPSA) is 105 Å². The zero-order valence-corrected chi connectivity index (χ0v) is 23.6. The van der Waals surface area contributed by atoms with Crippen LogP contribution >= 0.6 is 0 Å². The molecule has 1 amide bonds. The van der Waals surface area contributed by atoms with Gasteiger partial charge >= 0.3 is 6.18 Å². The molecule has 8 nitrogen and oxygen atoms in total. The number of aliphatic imine (C=N–C) groups is 1. The molecule has 0 bridgehead atoms. The number of amides is 1. The number of rotatable bonds is 9. The van der Waals surface area contributed by atoms with Gasteiger partial charge in [0.1, 0.15) is 11.4 Å². The fraction of sp³-hybridized carbons (Fsp3) is 0.414. The van der Waals surface area contributed by atoms with Crippen LogP contribution in [-0.4, -0.2) is 35.8 Å². The van der Waals surface area contributed by atoms with Crippen molar-refractivity contribution in [3.63, 3.8) is 0 Å². The number of benzene rings is 2. The number of unbranched alkanes of at least 4 members (excludes halogenated alkanes) is 1. The number of amidine groups is 1. The summed E-state index contributed by atoms with van der Waals surface area (Å²) in [5.74, 6) is 0.324. The monoisotopic (exact) mass is 588 g/mol. The van der Waals surface area contributed by atoms with Crippen molar-refractivity contribution in [2.45, 2.75) is 81.9 Å². The van der Waals surface area contributed by atoms with Gasteiger partial charge in [-0.3, -0.25) is 14.7 Å². The Bertz CT molecular complexity index is 1590. The van der Waals surface area contributed by atoms with E-state index in [-0.39, 0.29) is 39.9 Å². The van der Waals surface area contributed by atoms with E-state index in [9.17, 15) is 26.4 Å². The number of nitrogens with zero attached hydrogens (tertiary/aromatic N) is 3. The lowest BCUT2D eigenvalue weighted by Crippen LogP contribution is -2.40. The highest BCUT2D eigenvalue weighted by atomic mass is 32.2. The largest absolute Gasteiger partial charge is 0.417 e. The maximum Gasteiger partial charge on any atom is 0.417 e. The molecule has 2 aromatic carbocycles. The number of aryl methyl sites for hydroxylation is 1. The van der Waals surface area contributed by atoms with E-state index >= 15 is 0 Å². The highest BCUT2D eigenvalue weighted by Crippen LogP contribution is 2.42. The Labute approximate surface area is 236 Å². The lowest BCUT2D eigenvalue weighted by atomic mass is 9.96. The lowest BCUT2D eigenvalue weighted by molar-refractivity contribution is -0.137. The van der Waals surface area contributed by atoms with Gasteiger partial charge in [0.15, 0.2) is 0 Å². The van der Waals surface area contributed by atoms with Crippen LogP contribution in [0.4, 0.5) is 19.1 Å². The van der Waals surface area contributed by atoms with Crippen molar-refractivity contribution < 1.29 is 30.9 Å². The number of sulfonamides is 1. The van der Waals surface area contributed by atoms with Gasteiger partial charge in [-0.15, -0.1) is 0 Å². The maximum absolute atomic E-state index is 14.5. The van der Waals surface area contributed by atoms with Gasteiger partial charge < -0.3 is 4.52 Å². The number of carbonyl (C=O) groups excluding carboxylic acids is 1. The molecule has 0 unspecified atom stereocenters. The number of nitrogens with one attached hydrogen (secondary N) is 1. The first-order valence-electron chi connectivity index (χ1n) is 13.6. The van der Waals surface area contributed by atoms with E-state index in [0.717, 1.165) is 31.7 Å². The van der Waals surface area contributed by atoms with Crippen molar-refractivity contribution in [2.24, 2.45) is 4.99 Å². The first-order chi connectivity index (χ1) is 19.4. The van der Waals surface area contributed by atoms with E-state index in [1.807, 2.05) is 6.92 Å². The molecule has 0 radical (unpaired) electrons.